The normalized spacial score (nSPS) is 13.1. The van der Waals surface area contributed by atoms with E-state index in [2.05, 4.69) is 26.6 Å². The lowest BCUT2D eigenvalue weighted by Gasteiger charge is -2.41. The third-order valence-corrected chi connectivity index (χ3v) is 13.1. The number of benzene rings is 3. The van der Waals surface area contributed by atoms with Gasteiger partial charge in [0.15, 0.2) is 11.6 Å². The quantitative estimate of drug-likeness (QED) is 0.0310. The Labute approximate surface area is 469 Å². The van der Waals surface area contributed by atoms with Crippen molar-refractivity contribution >= 4 is 59.1 Å². The summed E-state index contributed by atoms with van der Waals surface area (Å²) >= 11 is 0. The Morgan fingerprint density at radius 1 is 0.753 bits per heavy atom. The average Bonchev–Trinajstić information content (AvgIpc) is 4.05. The number of carbonyl (C=O) groups excluding carboxylic acids is 9. The first-order chi connectivity index (χ1) is 38.3. The van der Waals surface area contributed by atoms with E-state index in [4.69, 9.17) is 15.6 Å². The summed E-state index contributed by atoms with van der Waals surface area (Å²) < 4.78 is 37.1. The molecular weight excluding hydrogens is 1050 g/mol. The molecule has 7 amide bonds. The number of carboxylic acids is 1. The van der Waals surface area contributed by atoms with Crippen molar-refractivity contribution in [2.75, 3.05) is 26.2 Å². The fraction of sp³-hybridized carbons (Fsp3) is 0.448. The fourth-order valence-corrected chi connectivity index (χ4v) is 8.86. The molecule has 23 heteroatoms. The number of halogens is 2. The van der Waals surface area contributed by atoms with Crippen molar-refractivity contribution in [3.8, 4) is 11.1 Å². The second-order valence-electron chi connectivity index (χ2n) is 21.0. The monoisotopic (exact) mass is 1130 g/mol. The van der Waals surface area contributed by atoms with Crippen LogP contribution in [-0.4, -0.2) is 123 Å². The number of nitrogens with one attached hydrogen (secondary N) is 5. The fourth-order valence-electron chi connectivity index (χ4n) is 8.86. The third kappa shape index (κ3) is 21.3. The molecule has 1 heterocycles. The van der Waals surface area contributed by atoms with Crippen molar-refractivity contribution in [2.24, 2.45) is 23.0 Å². The minimum atomic E-state index is -1.73. The molecule has 0 aliphatic heterocycles. The van der Waals surface area contributed by atoms with E-state index in [0.29, 0.717) is 11.3 Å². The summed E-state index contributed by atoms with van der Waals surface area (Å²) in [5, 5.41) is 31.9. The number of ketones is 2. The molecule has 1 aromatic heterocycles. The number of nitrogens with two attached hydrogens (primary N) is 1. The molecular formula is C58H74F2N8O13. The zero-order valence-corrected chi connectivity index (χ0v) is 46.4. The van der Waals surface area contributed by atoms with Crippen molar-refractivity contribution in [1.29, 1.82) is 0 Å². The molecule has 9 N–H and O–H groups in total. The molecule has 0 radical (unpaired) electrons. The maximum absolute atomic E-state index is 15.4. The average molecular weight is 1130 g/mol. The molecule has 81 heavy (non-hydrogen) atoms. The molecule has 5 atom stereocenters. The predicted octanol–water partition coefficient (Wildman–Crippen LogP) is 4.62. The highest BCUT2D eigenvalue weighted by molar-refractivity contribution is 5.97. The van der Waals surface area contributed by atoms with E-state index in [1.54, 1.807) is 81.8 Å². The highest BCUT2D eigenvalue weighted by Crippen LogP contribution is 2.41. The maximum Gasteiger partial charge on any atom is 0.408 e. The van der Waals surface area contributed by atoms with Gasteiger partial charge >= 0.3 is 12.1 Å². The van der Waals surface area contributed by atoms with Gasteiger partial charge in [0.25, 0.3) is 0 Å². The van der Waals surface area contributed by atoms with Crippen LogP contribution >= 0.6 is 0 Å². The number of rotatable bonds is 32. The van der Waals surface area contributed by atoms with Gasteiger partial charge in [-0.15, -0.1) is 0 Å². The summed E-state index contributed by atoms with van der Waals surface area (Å²) in [5.41, 5.74) is 6.83. The zero-order valence-electron chi connectivity index (χ0n) is 46.4. The Morgan fingerprint density at radius 3 is 2.00 bits per heavy atom. The summed E-state index contributed by atoms with van der Waals surface area (Å²) in [5.74, 6) is -10.5. The van der Waals surface area contributed by atoms with E-state index in [1.807, 2.05) is 30.3 Å². The molecule has 0 fully saturated rings. The van der Waals surface area contributed by atoms with E-state index in [-0.39, 0.29) is 63.1 Å². The Kier molecular flexibility index (Phi) is 25.3. The molecule has 3 aromatic carbocycles. The lowest BCUT2D eigenvalue weighted by molar-refractivity contribution is -0.140. The standard InChI is InChI=1S/C58H74F2N8O13/c1-35(2)42(28-48(71)36(3)64-57(80)81-34-38-16-11-8-12-17-38)54(77)66-46(29-49(61)72)56(79)65-45(55(78)62-24-13-18-41(70)30-63-50(73)21-22-52(75)76)23-25-68(51(74)33-69)53(58(4,5)6)47-26-39(43-27-40(59)19-20-44(43)60)32-67(47)31-37-14-9-7-10-15-37/h7-12,14-17,19-20,26-27,32,35-36,42,45-46,53,69H,13,18,21-25,28-31,33-34H2,1-6H3,(H2,61,72)(H,62,78)(H,63,73)(H,64,80)(H,65,79)(H,66,77)(H,75,76)/t36-,42-,45-,46-,53-/m0/s1. The number of carboxylic acid groups (broad SMARTS) is 1. The lowest BCUT2D eigenvalue weighted by atomic mass is 9.82. The van der Waals surface area contributed by atoms with Crippen LogP contribution in [0.3, 0.4) is 0 Å². The number of Topliss-reactive ketones (excluding diaryl/α,β-unsaturated/α-hetero) is 2. The summed E-state index contributed by atoms with van der Waals surface area (Å²) in [4.78, 5) is 132. The number of carbonyl (C=O) groups is 10. The van der Waals surface area contributed by atoms with Crippen molar-refractivity contribution in [3.05, 3.63) is 120 Å². The number of hydrogen-bond donors (Lipinski definition) is 8. The summed E-state index contributed by atoms with van der Waals surface area (Å²) in [7, 11) is 0. The van der Waals surface area contributed by atoms with E-state index >= 15 is 4.39 Å². The van der Waals surface area contributed by atoms with Gasteiger partial charge in [-0.2, -0.15) is 0 Å². The van der Waals surface area contributed by atoms with Crippen molar-refractivity contribution in [1.82, 2.24) is 36.1 Å². The Balaban J connectivity index is 1.65. The van der Waals surface area contributed by atoms with Crippen LogP contribution in [0.4, 0.5) is 13.6 Å². The molecule has 0 unspecified atom stereocenters. The number of nitrogens with zero attached hydrogens (tertiary/aromatic N) is 2. The zero-order chi connectivity index (χ0) is 60.0. The molecule has 21 nitrogen and oxygen atoms in total. The third-order valence-electron chi connectivity index (χ3n) is 13.1. The van der Waals surface area contributed by atoms with E-state index in [1.165, 1.54) is 11.8 Å². The first-order valence-electron chi connectivity index (χ1n) is 26.5. The maximum atomic E-state index is 15.4. The molecule has 0 aliphatic rings. The first kappa shape index (κ1) is 65.2. The molecule has 438 valence electrons. The van der Waals surface area contributed by atoms with Crippen LogP contribution in [0.5, 0.6) is 0 Å². The topological polar surface area (TPSA) is 315 Å². The number of aliphatic carboxylic acids is 1. The van der Waals surface area contributed by atoms with Gasteiger partial charge in [-0.3, -0.25) is 43.2 Å². The molecule has 4 rings (SSSR count). The molecule has 0 saturated carbocycles. The van der Waals surface area contributed by atoms with Gasteiger partial charge in [-0.25, -0.2) is 13.6 Å². The van der Waals surface area contributed by atoms with E-state index < -0.39 is 145 Å². The SMILES string of the molecule is CC(C)[C@H](CC(=O)[C@H](C)NC(=O)OCc1ccccc1)C(=O)N[C@@H](CC(N)=O)C(=O)N[C@@H](CCN(C(=O)CO)[C@@H](c1cc(-c2cc(F)ccc2F)cn1Cc1ccccc1)C(C)(C)C)C(=O)NCCCC(=O)CNC(=O)CCC(=O)O. The first-order valence-corrected chi connectivity index (χ1v) is 26.5. The number of aromatic nitrogens is 1. The molecule has 0 bridgehead atoms. The largest absolute Gasteiger partial charge is 0.481 e. The number of hydrogen-bond acceptors (Lipinski definition) is 12. The van der Waals surface area contributed by atoms with Gasteiger partial charge in [0.05, 0.1) is 31.5 Å². The highest BCUT2D eigenvalue weighted by Gasteiger charge is 2.39. The van der Waals surface area contributed by atoms with Crippen LogP contribution in [0.2, 0.25) is 0 Å². The lowest BCUT2D eigenvalue weighted by Crippen LogP contribution is -2.56. The van der Waals surface area contributed by atoms with E-state index in [9.17, 15) is 57.4 Å². The van der Waals surface area contributed by atoms with Gasteiger partial charge in [-0.05, 0) is 66.5 Å². The van der Waals surface area contributed by atoms with Gasteiger partial charge in [0, 0.05) is 67.8 Å². The predicted molar refractivity (Wildman–Crippen MR) is 293 cm³/mol. The number of amides is 7. The van der Waals surface area contributed by atoms with Crippen LogP contribution in [0, 0.1) is 28.9 Å². The number of aliphatic hydroxyl groups excluding tert-OH is 1. The van der Waals surface area contributed by atoms with Crippen LogP contribution in [-0.2, 0) is 61.0 Å². The van der Waals surface area contributed by atoms with Gasteiger partial charge in [0.1, 0.15) is 36.9 Å². The van der Waals surface area contributed by atoms with Crippen LogP contribution < -0.4 is 32.3 Å². The van der Waals surface area contributed by atoms with Crippen LogP contribution in [0.1, 0.15) is 109 Å². The van der Waals surface area contributed by atoms with Crippen molar-refractivity contribution in [3.63, 3.8) is 0 Å². The van der Waals surface area contributed by atoms with Crippen LogP contribution in [0.15, 0.2) is 91.1 Å². The van der Waals surface area contributed by atoms with Crippen molar-refractivity contribution in [2.45, 2.75) is 124 Å². The second-order valence-corrected chi connectivity index (χ2v) is 21.0. The van der Waals surface area contributed by atoms with Gasteiger partial charge in [0.2, 0.25) is 35.4 Å². The van der Waals surface area contributed by atoms with Gasteiger partial charge in [-0.1, -0.05) is 95.3 Å². The highest BCUT2D eigenvalue weighted by atomic mass is 19.1. The Morgan fingerprint density at radius 2 is 1.40 bits per heavy atom. The molecule has 0 aliphatic carbocycles. The van der Waals surface area contributed by atoms with Gasteiger partial charge < -0.3 is 56.7 Å². The van der Waals surface area contributed by atoms with E-state index in [0.717, 1.165) is 23.8 Å². The van der Waals surface area contributed by atoms with Crippen molar-refractivity contribution < 1.29 is 71.7 Å². The molecule has 0 spiro atoms. The Bertz CT molecular complexity index is 2840. The summed E-state index contributed by atoms with van der Waals surface area (Å²) in [6, 6.07) is 17.2. The Hall–Kier alpha value is -8.34. The number of ether oxygens (including phenoxy) is 1. The molecule has 4 aromatic rings. The minimum absolute atomic E-state index is 0.0305. The minimum Gasteiger partial charge on any atom is -0.481 e. The number of alkyl carbamates (subject to hydrolysis) is 1. The number of aliphatic hydroxyl groups is 1. The molecule has 0 saturated heterocycles. The summed E-state index contributed by atoms with van der Waals surface area (Å²) in [6.07, 6.45) is -1.74. The number of primary amides is 1. The summed E-state index contributed by atoms with van der Waals surface area (Å²) in [6.45, 7) is 8.29. The smallest absolute Gasteiger partial charge is 0.408 e. The van der Waals surface area contributed by atoms with Crippen LogP contribution in [0.25, 0.3) is 11.1 Å². The second kappa shape index (κ2) is 31.5.